The maximum Gasteiger partial charge on any atom is 0.0738 e. The molecule has 2 N–H and O–H groups in total. The van der Waals surface area contributed by atoms with Crippen LogP contribution in [0.15, 0.2) is 18.5 Å². The van der Waals surface area contributed by atoms with E-state index in [1.807, 2.05) is 12.3 Å². The Bertz CT molecular complexity index is 386. The van der Waals surface area contributed by atoms with Crippen LogP contribution in [0.25, 0.3) is 0 Å². The average molecular weight is 231 g/mol. The summed E-state index contributed by atoms with van der Waals surface area (Å²) in [4.78, 5) is 6.47. The minimum Gasteiger partial charge on any atom is -0.396 e. The summed E-state index contributed by atoms with van der Waals surface area (Å²) >= 11 is 0. The Hall–Kier alpha value is -1.25. The summed E-state index contributed by atoms with van der Waals surface area (Å²) < 4.78 is 0. The number of nitrogen functional groups attached to an aromatic ring is 1. The molecule has 3 heteroatoms. The van der Waals surface area contributed by atoms with Crippen molar-refractivity contribution in [3.63, 3.8) is 0 Å². The van der Waals surface area contributed by atoms with Crippen molar-refractivity contribution in [2.45, 2.75) is 38.5 Å². The molecular weight excluding hydrogens is 210 g/mol. The van der Waals surface area contributed by atoms with Gasteiger partial charge in [-0.2, -0.15) is 0 Å². The highest BCUT2D eigenvalue weighted by Gasteiger charge is 2.42. The summed E-state index contributed by atoms with van der Waals surface area (Å²) in [7, 11) is 0. The minimum atomic E-state index is 0.603. The molecule has 0 aromatic carbocycles. The normalized spacial score (nSPS) is 23.2. The Labute approximate surface area is 103 Å². The first-order chi connectivity index (χ1) is 8.29. The van der Waals surface area contributed by atoms with E-state index in [2.05, 4.69) is 9.88 Å². The smallest absolute Gasteiger partial charge is 0.0738 e. The topological polar surface area (TPSA) is 42.1 Å². The summed E-state index contributed by atoms with van der Waals surface area (Å²) in [6, 6.07) is 2.04. The standard InChI is InChI=1S/C14H21N3/c15-12-9-16-8-5-13(12)17-10-14(11-17)6-3-1-2-4-7-14/h5,8-9H,1-4,6-7,10-11,15H2. The molecule has 92 valence electrons. The molecule has 2 heterocycles. The molecule has 0 amide bonds. The second kappa shape index (κ2) is 4.21. The first-order valence-corrected chi connectivity index (χ1v) is 6.74. The molecule has 1 spiro atoms. The van der Waals surface area contributed by atoms with Crippen molar-refractivity contribution >= 4 is 11.4 Å². The van der Waals surface area contributed by atoms with Crippen molar-refractivity contribution in [1.82, 2.24) is 4.98 Å². The SMILES string of the molecule is Nc1cnccc1N1CC2(CCCCCC2)C1. The number of nitrogens with two attached hydrogens (primary N) is 1. The third-order valence-corrected chi connectivity index (χ3v) is 4.39. The van der Waals surface area contributed by atoms with Gasteiger partial charge >= 0.3 is 0 Å². The highest BCUT2D eigenvalue weighted by Crippen LogP contribution is 2.45. The van der Waals surface area contributed by atoms with Crippen molar-refractivity contribution in [1.29, 1.82) is 0 Å². The maximum absolute atomic E-state index is 5.98. The second-order valence-electron chi connectivity index (χ2n) is 5.70. The first kappa shape index (κ1) is 10.9. The van der Waals surface area contributed by atoms with Gasteiger partial charge < -0.3 is 10.6 Å². The summed E-state index contributed by atoms with van der Waals surface area (Å²) in [6.07, 6.45) is 12.1. The zero-order chi connectivity index (χ0) is 11.7. The lowest BCUT2D eigenvalue weighted by Crippen LogP contribution is -2.56. The summed E-state index contributed by atoms with van der Waals surface area (Å²) in [5, 5.41) is 0. The fourth-order valence-electron chi connectivity index (χ4n) is 3.42. The van der Waals surface area contributed by atoms with E-state index in [0.717, 1.165) is 5.69 Å². The molecule has 2 fully saturated rings. The van der Waals surface area contributed by atoms with Crippen molar-refractivity contribution in [3.8, 4) is 0 Å². The zero-order valence-electron chi connectivity index (χ0n) is 10.4. The van der Waals surface area contributed by atoms with E-state index in [9.17, 15) is 0 Å². The van der Waals surface area contributed by atoms with E-state index >= 15 is 0 Å². The first-order valence-electron chi connectivity index (χ1n) is 6.74. The van der Waals surface area contributed by atoms with E-state index in [1.165, 1.54) is 57.3 Å². The summed E-state index contributed by atoms with van der Waals surface area (Å²) in [5.41, 5.74) is 8.57. The fraction of sp³-hybridized carbons (Fsp3) is 0.643. The lowest BCUT2D eigenvalue weighted by Gasteiger charge is -2.52. The molecule has 1 aromatic rings. The quantitative estimate of drug-likeness (QED) is 0.808. The molecule has 3 nitrogen and oxygen atoms in total. The van der Waals surface area contributed by atoms with Gasteiger partial charge in [0.25, 0.3) is 0 Å². The number of hydrogen-bond donors (Lipinski definition) is 1. The van der Waals surface area contributed by atoms with E-state index in [0.29, 0.717) is 5.41 Å². The number of pyridine rings is 1. The molecular formula is C14H21N3. The number of anilines is 2. The molecule has 1 saturated carbocycles. The van der Waals surface area contributed by atoms with Gasteiger partial charge in [-0.15, -0.1) is 0 Å². The van der Waals surface area contributed by atoms with Gasteiger partial charge in [0.2, 0.25) is 0 Å². The lowest BCUT2D eigenvalue weighted by atomic mass is 9.73. The highest BCUT2D eigenvalue weighted by atomic mass is 15.2. The van der Waals surface area contributed by atoms with Gasteiger partial charge in [-0.05, 0) is 18.9 Å². The van der Waals surface area contributed by atoms with Crippen LogP contribution in [-0.4, -0.2) is 18.1 Å². The van der Waals surface area contributed by atoms with Crippen LogP contribution in [-0.2, 0) is 0 Å². The van der Waals surface area contributed by atoms with Gasteiger partial charge in [-0.25, -0.2) is 0 Å². The van der Waals surface area contributed by atoms with Crippen LogP contribution in [0.4, 0.5) is 11.4 Å². The Morgan fingerprint density at radius 2 is 1.82 bits per heavy atom. The largest absolute Gasteiger partial charge is 0.396 e. The molecule has 1 aromatic heterocycles. The van der Waals surface area contributed by atoms with E-state index in [1.54, 1.807) is 6.20 Å². The number of aromatic nitrogens is 1. The maximum atomic E-state index is 5.98. The van der Waals surface area contributed by atoms with Crippen molar-refractivity contribution < 1.29 is 0 Å². The van der Waals surface area contributed by atoms with Crippen LogP contribution >= 0.6 is 0 Å². The van der Waals surface area contributed by atoms with Crippen molar-refractivity contribution in [3.05, 3.63) is 18.5 Å². The average Bonchev–Trinajstić information content (AvgIpc) is 2.53. The van der Waals surface area contributed by atoms with Crippen LogP contribution in [0.2, 0.25) is 0 Å². The molecule has 2 aliphatic rings. The van der Waals surface area contributed by atoms with Crippen LogP contribution in [0, 0.1) is 5.41 Å². The summed E-state index contributed by atoms with van der Waals surface area (Å²) in [6.45, 7) is 2.39. The molecule has 0 radical (unpaired) electrons. The van der Waals surface area contributed by atoms with Crippen LogP contribution in [0.3, 0.4) is 0 Å². The molecule has 17 heavy (non-hydrogen) atoms. The predicted molar refractivity (Wildman–Crippen MR) is 71.0 cm³/mol. The lowest BCUT2D eigenvalue weighted by molar-refractivity contribution is 0.181. The zero-order valence-corrected chi connectivity index (χ0v) is 10.4. The van der Waals surface area contributed by atoms with E-state index < -0.39 is 0 Å². The Kier molecular flexibility index (Phi) is 2.69. The second-order valence-corrected chi connectivity index (χ2v) is 5.70. The van der Waals surface area contributed by atoms with Crippen LogP contribution in [0.5, 0.6) is 0 Å². The molecule has 0 unspecified atom stereocenters. The predicted octanol–water partition coefficient (Wildman–Crippen LogP) is 2.82. The Balaban J connectivity index is 1.69. The number of nitrogens with zero attached hydrogens (tertiary/aromatic N) is 2. The molecule has 0 atom stereocenters. The van der Waals surface area contributed by atoms with Crippen LogP contribution < -0.4 is 10.6 Å². The van der Waals surface area contributed by atoms with Gasteiger partial charge in [0.1, 0.15) is 0 Å². The highest BCUT2D eigenvalue weighted by molar-refractivity contribution is 5.67. The molecule has 3 rings (SSSR count). The van der Waals surface area contributed by atoms with Crippen molar-refractivity contribution in [2.75, 3.05) is 23.7 Å². The van der Waals surface area contributed by atoms with Gasteiger partial charge in [-0.3, -0.25) is 4.98 Å². The van der Waals surface area contributed by atoms with Gasteiger partial charge in [0.05, 0.1) is 17.6 Å². The minimum absolute atomic E-state index is 0.603. The third kappa shape index (κ3) is 1.99. The number of rotatable bonds is 1. The molecule has 1 aliphatic carbocycles. The van der Waals surface area contributed by atoms with Crippen molar-refractivity contribution in [2.24, 2.45) is 5.41 Å². The Morgan fingerprint density at radius 1 is 1.12 bits per heavy atom. The number of hydrogen-bond acceptors (Lipinski definition) is 3. The summed E-state index contributed by atoms with van der Waals surface area (Å²) in [5.74, 6) is 0. The van der Waals surface area contributed by atoms with Crippen LogP contribution in [0.1, 0.15) is 38.5 Å². The van der Waals surface area contributed by atoms with Gasteiger partial charge in [-0.1, -0.05) is 25.7 Å². The monoisotopic (exact) mass is 231 g/mol. The van der Waals surface area contributed by atoms with Gasteiger partial charge in [0, 0.05) is 24.7 Å². The van der Waals surface area contributed by atoms with E-state index in [-0.39, 0.29) is 0 Å². The molecule has 1 aliphatic heterocycles. The Morgan fingerprint density at radius 3 is 2.47 bits per heavy atom. The van der Waals surface area contributed by atoms with E-state index in [4.69, 9.17) is 5.73 Å². The molecule has 0 bridgehead atoms. The third-order valence-electron chi connectivity index (χ3n) is 4.39. The molecule has 1 saturated heterocycles. The van der Waals surface area contributed by atoms with Gasteiger partial charge in [0.15, 0.2) is 0 Å². The fourth-order valence-corrected chi connectivity index (χ4v) is 3.42.